The lowest BCUT2D eigenvalue weighted by molar-refractivity contribution is -0.139. The van der Waals surface area contributed by atoms with Gasteiger partial charge in [0.25, 0.3) is 5.91 Å². The molecule has 0 aliphatic carbocycles. The maximum atomic E-state index is 12.7. The lowest BCUT2D eigenvalue weighted by Gasteiger charge is -2.12. The molecule has 0 spiro atoms. The smallest absolute Gasteiger partial charge is 0.341 e. The summed E-state index contributed by atoms with van der Waals surface area (Å²) < 4.78 is 5.12. The van der Waals surface area contributed by atoms with Crippen molar-refractivity contribution in [1.82, 2.24) is 15.6 Å². The molecular weight excluding hydrogens is 456 g/mol. The monoisotopic (exact) mass is 484 g/mol. The van der Waals surface area contributed by atoms with Crippen molar-refractivity contribution in [2.24, 2.45) is 0 Å². The number of pyridine rings is 1. The summed E-state index contributed by atoms with van der Waals surface area (Å²) in [5.74, 6) is -0.642. The van der Waals surface area contributed by atoms with Gasteiger partial charge in [-0.2, -0.15) is 0 Å². The van der Waals surface area contributed by atoms with E-state index in [0.29, 0.717) is 30.9 Å². The molecule has 4 aromatic rings. The van der Waals surface area contributed by atoms with Crippen LogP contribution in [-0.4, -0.2) is 41.7 Å². The minimum Gasteiger partial charge on any atom is -0.482 e. The highest BCUT2D eigenvalue weighted by Crippen LogP contribution is 2.26. The topological polar surface area (TPSA) is 113 Å². The van der Waals surface area contributed by atoms with E-state index in [1.807, 2.05) is 67.6 Å². The van der Waals surface area contributed by atoms with Crippen LogP contribution in [0.2, 0.25) is 0 Å². The molecule has 0 atom stereocenters. The normalized spacial score (nSPS) is 10.7. The third-order valence-electron chi connectivity index (χ3n) is 5.45. The largest absolute Gasteiger partial charge is 0.482 e. The Morgan fingerprint density at radius 2 is 1.75 bits per heavy atom. The summed E-state index contributed by atoms with van der Waals surface area (Å²) in [4.78, 5) is 27.8. The number of hydrogen-bond donors (Lipinski definition) is 4. The summed E-state index contributed by atoms with van der Waals surface area (Å²) in [6.45, 7) is 3.29. The molecule has 0 aliphatic rings. The maximum Gasteiger partial charge on any atom is 0.341 e. The van der Waals surface area contributed by atoms with Crippen molar-refractivity contribution in [2.45, 2.75) is 13.5 Å². The van der Waals surface area contributed by atoms with Crippen LogP contribution < -0.4 is 20.7 Å². The quantitative estimate of drug-likeness (QED) is 0.235. The predicted octanol–water partition coefficient (Wildman–Crippen LogP) is 4.27. The SMILES string of the molecule is Cc1cc(Nc2cccc(C(=O)NCCNCc3ccc(OCC(=O)O)cc3)c2)c2ccccc2n1. The number of aryl methyl sites for hydroxylation is 1. The van der Waals surface area contributed by atoms with E-state index in [1.165, 1.54) is 0 Å². The summed E-state index contributed by atoms with van der Waals surface area (Å²) in [5.41, 5.74) is 5.21. The highest BCUT2D eigenvalue weighted by Gasteiger charge is 2.08. The van der Waals surface area contributed by atoms with E-state index in [-0.39, 0.29) is 12.5 Å². The maximum absolute atomic E-state index is 12.7. The number of nitrogens with one attached hydrogen (secondary N) is 3. The van der Waals surface area contributed by atoms with Crippen LogP contribution in [0.25, 0.3) is 10.9 Å². The molecule has 1 heterocycles. The molecule has 3 aromatic carbocycles. The van der Waals surface area contributed by atoms with Crippen LogP contribution in [0.4, 0.5) is 11.4 Å². The number of benzene rings is 3. The average molecular weight is 485 g/mol. The standard InChI is InChI=1S/C28H28N4O4/c1-19-15-26(24-7-2-3-8-25(24)31-19)32-22-6-4-5-21(16-22)28(35)30-14-13-29-17-20-9-11-23(12-10-20)36-18-27(33)34/h2-12,15-16,29H,13-14,17-18H2,1H3,(H,30,35)(H,31,32)(H,33,34). The van der Waals surface area contributed by atoms with Crippen molar-refractivity contribution >= 4 is 34.2 Å². The minimum atomic E-state index is -1.01. The number of hydrogen-bond acceptors (Lipinski definition) is 6. The van der Waals surface area contributed by atoms with Crippen LogP contribution in [0.15, 0.2) is 78.9 Å². The first-order valence-electron chi connectivity index (χ1n) is 11.6. The first-order chi connectivity index (χ1) is 17.5. The Labute approximate surface area is 209 Å². The van der Waals surface area contributed by atoms with Gasteiger partial charge >= 0.3 is 5.97 Å². The molecule has 0 bridgehead atoms. The molecule has 0 fully saturated rings. The first kappa shape index (κ1) is 24.7. The number of ether oxygens (including phenoxy) is 1. The van der Waals surface area contributed by atoms with Gasteiger partial charge in [0, 0.05) is 47.7 Å². The van der Waals surface area contributed by atoms with Gasteiger partial charge in [-0.1, -0.05) is 36.4 Å². The molecule has 8 heteroatoms. The third kappa shape index (κ3) is 6.80. The zero-order chi connectivity index (χ0) is 25.3. The molecule has 4 rings (SSSR count). The Kier molecular flexibility index (Phi) is 8.10. The summed E-state index contributed by atoms with van der Waals surface area (Å²) in [6, 6.07) is 24.6. The molecule has 4 N–H and O–H groups in total. The van der Waals surface area contributed by atoms with Crippen LogP contribution >= 0.6 is 0 Å². The van der Waals surface area contributed by atoms with Crippen molar-refractivity contribution in [3.8, 4) is 5.75 Å². The lowest BCUT2D eigenvalue weighted by Crippen LogP contribution is -2.31. The number of aliphatic carboxylic acids is 1. The number of rotatable bonds is 11. The van der Waals surface area contributed by atoms with Gasteiger partial charge < -0.3 is 25.8 Å². The van der Waals surface area contributed by atoms with E-state index >= 15 is 0 Å². The van der Waals surface area contributed by atoms with Crippen molar-refractivity contribution in [3.63, 3.8) is 0 Å². The minimum absolute atomic E-state index is 0.142. The number of fused-ring (bicyclic) bond motifs is 1. The molecule has 1 amide bonds. The van der Waals surface area contributed by atoms with Crippen LogP contribution in [-0.2, 0) is 11.3 Å². The molecule has 8 nitrogen and oxygen atoms in total. The van der Waals surface area contributed by atoms with E-state index in [0.717, 1.165) is 33.5 Å². The van der Waals surface area contributed by atoms with Gasteiger partial charge in [0.15, 0.2) is 6.61 Å². The fourth-order valence-electron chi connectivity index (χ4n) is 3.75. The number of carboxylic acids is 1. The lowest BCUT2D eigenvalue weighted by atomic mass is 10.1. The third-order valence-corrected chi connectivity index (χ3v) is 5.45. The second-order valence-corrected chi connectivity index (χ2v) is 8.29. The van der Waals surface area contributed by atoms with Crippen LogP contribution in [0, 0.1) is 6.92 Å². The van der Waals surface area contributed by atoms with Gasteiger partial charge in [-0.05, 0) is 55.0 Å². The zero-order valence-corrected chi connectivity index (χ0v) is 20.0. The second-order valence-electron chi connectivity index (χ2n) is 8.29. The van der Waals surface area contributed by atoms with Crippen molar-refractivity contribution in [2.75, 3.05) is 25.0 Å². The van der Waals surface area contributed by atoms with Crippen molar-refractivity contribution in [3.05, 3.63) is 95.7 Å². The summed E-state index contributed by atoms with van der Waals surface area (Å²) >= 11 is 0. The predicted molar refractivity (Wildman–Crippen MR) is 140 cm³/mol. The van der Waals surface area contributed by atoms with E-state index < -0.39 is 5.97 Å². The molecule has 0 saturated heterocycles. The number of carboxylic acid groups (broad SMARTS) is 1. The van der Waals surface area contributed by atoms with Crippen molar-refractivity contribution < 1.29 is 19.4 Å². The number of para-hydroxylation sites is 1. The molecule has 184 valence electrons. The van der Waals surface area contributed by atoms with Gasteiger partial charge in [0.1, 0.15) is 5.75 Å². The molecular formula is C28H28N4O4. The average Bonchev–Trinajstić information content (AvgIpc) is 2.88. The Bertz CT molecular complexity index is 1360. The van der Waals surface area contributed by atoms with Crippen LogP contribution in [0.1, 0.15) is 21.6 Å². The van der Waals surface area contributed by atoms with E-state index in [9.17, 15) is 9.59 Å². The summed E-state index contributed by atoms with van der Waals surface area (Å²) in [5, 5.41) is 19.3. The van der Waals surface area contributed by atoms with Gasteiger partial charge in [-0.25, -0.2) is 4.79 Å². The fourth-order valence-corrected chi connectivity index (χ4v) is 3.75. The highest BCUT2D eigenvalue weighted by atomic mass is 16.5. The van der Waals surface area contributed by atoms with E-state index in [4.69, 9.17) is 9.84 Å². The second kappa shape index (κ2) is 11.8. The Morgan fingerprint density at radius 1 is 0.944 bits per heavy atom. The number of aromatic nitrogens is 1. The van der Waals surface area contributed by atoms with E-state index in [1.54, 1.807) is 18.2 Å². The van der Waals surface area contributed by atoms with Crippen molar-refractivity contribution in [1.29, 1.82) is 0 Å². The van der Waals surface area contributed by atoms with Gasteiger partial charge in [-0.15, -0.1) is 0 Å². The molecule has 36 heavy (non-hydrogen) atoms. The first-order valence-corrected chi connectivity index (χ1v) is 11.6. The molecule has 1 aromatic heterocycles. The number of anilines is 2. The highest BCUT2D eigenvalue weighted by molar-refractivity contribution is 5.96. The van der Waals surface area contributed by atoms with Gasteiger partial charge in [0.2, 0.25) is 0 Å². The van der Waals surface area contributed by atoms with Crippen LogP contribution in [0.5, 0.6) is 5.75 Å². The van der Waals surface area contributed by atoms with E-state index in [2.05, 4.69) is 20.9 Å². The van der Waals surface area contributed by atoms with Gasteiger partial charge in [0.05, 0.1) is 5.52 Å². The van der Waals surface area contributed by atoms with Crippen LogP contribution in [0.3, 0.4) is 0 Å². The Hall–Kier alpha value is -4.43. The molecule has 0 saturated carbocycles. The summed E-state index contributed by atoms with van der Waals surface area (Å²) in [7, 11) is 0. The number of carbonyl (C=O) groups is 2. The molecule has 0 radical (unpaired) electrons. The summed E-state index contributed by atoms with van der Waals surface area (Å²) in [6.07, 6.45) is 0. The molecule has 0 unspecified atom stereocenters. The fraction of sp³-hybridized carbons (Fsp3) is 0.179. The van der Waals surface area contributed by atoms with Gasteiger partial charge in [-0.3, -0.25) is 9.78 Å². The number of carbonyl (C=O) groups excluding carboxylic acids is 1. The Morgan fingerprint density at radius 3 is 2.56 bits per heavy atom. The molecule has 0 aliphatic heterocycles. The number of amides is 1. The Balaban J connectivity index is 1.26. The number of nitrogens with zero attached hydrogens (tertiary/aromatic N) is 1. The zero-order valence-electron chi connectivity index (χ0n) is 20.0.